The Morgan fingerprint density at radius 3 is 2.44 bits per heavy atom. The Bertz CT molecular complexity index is 833. The topological polar surface area (TPSA) is 49.8 Å². The lowest BCUT2D eigenvalue weighted by atomic mass is 9.43. The van der Waals surface area contributed by atoms with Gasteiger partial charge in [-0.1, -0.05) is 52.7 Å². The first-order valence-corrected chi connectivity index (χ1v) is 14.0. The van der Waals surface area contributed by atoms with Crippen molar-refractivity contribution in [2.45, 2.75) is 118 Å². The van der Waals surface area contributed by atoms with Crippen LogP contribution in [0.25, 0.3) is 0 Å². The number of aliphatic hydroxyl groups is 1. The Morgan fingerprint density at radius 1 is 1.06 bits per heavy atom. The van der Waals surface area contributed by atoms with Crippen molar-refractivity contribution >= 4 is 5.91 Å². The summed E-state index contributed by atoms with van der Waals surface area (Å²) in [5, 5.41) is 12.2. The van der Waals surface area contributed by atoms with E-state index >= 15 is 0 Å². The van der Waals surface area contributed by atoms with Crippen LogP contribution in [-0.4, -0.2) is 36.3 Å². The van der Waals surface area contributed by atoms with Gasteiger partial charge in [-0.2, -0.15) is 0 Å². The van der Waals surface area contributed by atoms with Gasteiger partial charge in [0.15, 0.2) is 0 Å². The van der Waals surface area contributed by atoms with Crippen molar-refractivity contribution in [1.82, 2.24) is 5.06 Å². The first kappa shape index (κ1) is 26.2. The van der Waals surface area contributed by atoms with E-state index in [2.05, 4.69) is 41.5 Å². The summed E-state index contributed by atoms with van der Waals surface area (Å²) in [6, 6.07) is 0. The highest BCUT2D eigenvalue weighted by atomic mass is 16.7. The summed E-state index contributed by atoms with van der Waals surface area (Å²) >= 11 is 0. The van der Waals surface area contributed by atoms with Crippen molar-refractivity contribution in [3.8, 4) is 0 Å². The third-order valence-corrected chi connectivity index (χ3v) is 12.2. The number of allylic oxidation sites excluding steroid dienone is 2. The van der Waals surface area contributed by atoms with Crippen molar-refractivity contribution in [2.75, 3.05) is 14.2 Å². The molecule has 4 nitrogen and oxygen atoms in total. The summed E-state index contributed by atoms with van der Waals surface area (Å²) in [6.07, 6.45) is 12.2. The van der Waals surface area contributed by atoms with Gasteiger partial charge in [0.2, 0.25) is 5.91 Å². The summed E-state index contributed by atoms with van der Waals surface area (Å²) in [6.45, 7) is 14.9. The van der Waals surface area contributed by atoms with Crippen LogP contribution in [0.5, 0.6) is 0 Å². The number of hydroxylamine groups is 2. The first-order valence-electron chi connectivity index (χ1n) is 14.0. The third kappa shape index (κ3) is 3.72. The molecule has 0 spiro atoms. The van der Waals surface area contributed by atoms with E-state index in [1.807, 2.05) is 5.57 Å². The number of hydrogen-bond acceptors (Lipinski definition) is 3. The van der Waals surface area contributed by atoms with E-state index in [-0.39, 0.29) is 22.8 Å². The van der Waals surface area contributed by atoms with E-state index in [9.17, 15) is 9.90 Å². The zero-order valence-corrected chi connectivity index (χ0v) is 23.3. The van der Waals surface area contributed by atoms with Crippen molar-refractivity contribution in [2.24, 2.45) is 39.4 Å². The van der Waals surface area contributed by atoms with Crippen molar-refractivity contribution in [1.29, 1.82) is 0 Å². The molecule has 2 fully saturated rings. The van der Waals surface area contributed by atoms with Crippen LogP contribution in [0.4, 0.5) is 0 Å². The Balaban J connectivity index is 1.54. The van der Waals surface area contributed by atoms with Crippen LogP contribution in [0.15, 0.2) is 11.1 Å². The van der Waals surface area contributed by atoms with Crippen molar-refractivity contribution in [3.63, 3.8) is 0 Å². The van der Waals surface area contributed by atoms with Gasteiger partial charge >= 0.3 is 0 Å². The molecule has 0 radical (unpaired) electrons. The van der Waals surface area contributed by atoms with Gasteiger partial charge in [0, 0.05) is 13.5 Å². The van der Waals surface area contributed by atoms with Gasteiger partial charge in [-0.25, -0.2) is 5.06 Å². The van der Waals surface area contributed by atoms with Crippen molar-refractivity contribution < 1.29 is 14.7 Å². The van der Waals surface area contributed by atoms with E-state index < -0.39 is 0 Å². The maximum Gasteiger partial charge on any atom is 0.245 e. The van der Waals surface area contributed by atoms with Crippen LogP contribution < -0.4 is 0 Å². The predicted molar refractivity (Wildman–Crippen MR) is 138 cm³/mol. The maximum absolute atomic E-state index is 12.2. The van der Waals surface area contributed by atoms with E-state index in [1.54, 1.807) is 19.7 Å². The predicted octanol–water partition coefficient (Wildman–Crippen LogP) is 6.92. The molecule has 0 aromatic heterocycles. The molecule has 1 N–H and O–H groups in total. The Kier molecular flexibility index (Phi) is 6.86. The fraction of sp³-hybridized carbons (Fsp3) is 0.900. The Morgan fingerprint density at radius 2 is 1.76 bits per heavy atom. The van der Waals surface area contributed by atoms with Gasteiger partial charge in [0.25, 0.3) is 0 Å². The molecule has 4 aliphatic rings. The fourth-order valence-corrected chi connectivity index (χ4v) is 9.66. The highest BCUT2D eigenvalue weighted by molar-refractivity contribution is 5.74. The Hall–Kier alpha value is -0.870. The number of nitrogens with zero attached hydrogens (tertiary/aromatic N) is 1. The number of amides is 1. The number of fused-ring (bicyclic) bond motifs is 4. The van der Waals surface area contributed by atoms with Crippen LogP contribution >= 0.6 is 0 Å². The van der Waals surface area contributed by atoms with Crippen LogP contribution in [0.3, 0.4) is 0 Å². The monoisotopic (exact) mass is 473 g/mol. The molecule has 0 unspecified atom stereocenters. The molecule has 0 aliphatic heterocycles. The average Bonchev–Trinajstić information content (AvgIpc) is 3.07. The van der Waals surface area contributed by atoms with Gasteiger partial charge in [-0.05, 0) is 104 Å². The van der Waals surface area contributed by atoms with Gasteiger partial charge in [0.1, 0.15) is 0 Å². The van der Waals surface area contributed by atoms with Crippen LogP contribution in [0, 0.1) is 39.4 Å². The molecule has 0 saturated heterocycles. The highest BCUT2D eigenvalue weighted by Gasteiger charge is 2.63. The summed E-state index contributed by atoms with van der Waals surface area (Å²) in [7, 11) is 3.25. The lowest BCUT2D eigenvalue weighted by Gasteiger charge is -2.62. The molecule has 34 heavy (non-hydrogen) atoms. The van der Waals surface area contributed by atoms with Gasteiger partial charge < -0.3 is 5.11 Å². The Labute approximate surface area is 208 Å². The molecule has 0 aromatic rings. The second kappa shape index (κ2) is 8.91. The number of rotatable bonds is 6. The second-order valence-corrected chi connectivity index (χ2v) is 13.7. The van der Waals surface area contributed by atoms with Crippen LogP contribution in [0.1, 0.15) is 112 Å². The van der Waals surface area contributed by atoms with Crippen molar-refractivity contribution in [3.05, 3.63) is 11.1 Å². The number of carbonyl (C=O) groups excluding carboxylic acids is 1. The number of hydrogen-bond donors (Lipinski definition) is 1. The largest absolute Gasteiger partial charge is 0.393 e. The minimum Gasteiger partial charge on any atom is -0.393 e. The van der Waals surface area contributed by atoms with Crippen LogP contribution in [-0.2, 0) is 9.63 Å². The highest BCUT2D eigenvalue weighted by Crippen LogP contribution is 2.72. The second-order valence-electron chi connectivity index (χ2n) is 13.7. The molecule has 4 rings (SSSR count). The van der Waals surface area contributed by atoms with Gasteiger partial charge in [-0.3, -0.25) is 9.63 Å². The molecule has 7 atom stereocenters. The standard InChI is InChI=1S/C30H51NO3/c1-20(10-9-11-26(33)31(7)34-8)21-14-18-30(6)23-12-13-24-27(2,3)25(32)16-17-28(24,4)22(23)15-19-29(21,30)5/h20-21,24-25,32H,9-19H2,1-8H3/t20-,21-,24+,25+,28-,29-,30+/m1/s1. The SMILES string of the molecule is CON(C)C(=O)CCC[C@@H](C)[C@H]1CC[C@@]2(C)C3=C(CC[C@]12C)[C@@]1(C)CC[C@H](O)C(C)(C)[C@@H]1CC3. The molecule has 0 heterocycles. The summed E-state index contributed by atoms with van der Waals surface area (Å²) in [5.41, 5.74) is 4.54. The van der Waals surface area contributed by atoms with Crippen LogP contribution in [0.2, 0.25) is 0 Å². The van der Waals surface area contributed by atoms with E-state index in [4.69, 9.17) is 4.84 Å². The molecular formula is C30H51NO3. The molecule has 4 heteroatoms. The normalized spacial score (nSPS) is 42.0. The molecule has 2 saturated carbocycles. The third-order valence-electron chi connectivity index (χ3n) is 12.2. The molecule has 194 valence electrons. The molecular weight excluding hydrogens is 422 g/mol. The van der Waals surface area contributed by atoms with E-state index in [1.165, 1.54) is 43.6 Å². The minimum absolute atomic E-state index is 0.00816. The lowest BCUT2D eigenvalue weighted by molar-refractivity contribution is -0.168. The zero-order chi connectivity index (χ0) is 25.1. The first-order chi connectivity index (χ1) is 15.8. The number of carbonyl (C=O) groups is 1. The molecule has 0 bridgehead atoms. The zero-order valence-electron chi connectivity index (χ0n) is 23.3. The van der Waals surface area contributed by atoms with Gasteiger partial charge in [0.05, 0.1) is 13.2 Å². The average molecular weight is 474 g/mol. The molecule has 0 aromatic carbocycles. The molecule has 1 amide bonds. The lowest BCUT2D eigenvalue weighted by Crippen LogP contribution is -2.55. The van der Waals surface area contributed by atoms with E-state index in [0.717, 1.165) is 31.6 Å². The number of aliphatic hydroxyl groups excluding tert-OH is 1. The minimum atomic E-state index is -0.163. The molecule has 4 aliphatic carbocycles. The smallest absolute Gasteiger partial charge is 0.245 e. The summed E-state index contributed by atoms with van der Waals surface area (Å²) in [5.74, 6) is 2.05. The maximum atomic E-state index is 12.2. The summed E-state index contributed by atoms with van der Waals surface area (Å²) < 4.78 is 0. The van der Waals surface area contributed by atoms with Gasteiger partial charge in [-0.15, -0.1) is 0 Å². The summed E-state index contributed by atoms with van der Waals surface area (Å²) in [4.78, 5) is 17.2. The quantitative estimate of drug-likeness (QED) is 0.336. The fourth-order valence-electron chi connectivity index (χ4n) is 9.66. The van der Waals surface area contributed by atoms with E-state index in [0.29, 0.717) is 29.1 Å².